The van der Waals surface area contributed by atoms with Gasteiger partial charge in [-0.3, -0.25) is 4.79 Å². The van der Waals surface area contributed by atoms with Gasteiger partial charge in [-0.2, -0.15) is 0 Å². The van der Waals surface area contributed by atoms with Gasteiger partial charge in [0.2, 0.25) is 0 Å². The second kappa shape index (κ2) is 8.53. The molecule has 5 nitrogen and oxygen atoms in total. The molecule has 2 aromatic rings. The molecule has 25 heavy (non-hydrogen) atoms. The van der Waals surface area contributed by atoms with Crippen molar-refractivity contribution in [1.82, 2.24) is 5.32 Å². The highest BCUT2D eigenvalue weighted by Crippen LogP contribution is 2.17. The van der Waals surface area contributed by atoms with Gasteiger partial charge < -0.3 is 19.7 Å². The molecular weight excluding hydrogens is 316 g/mol. The Morgan fingerprint density at radius 2 is 1.76 bits per heavy atom. The molecule has 132 valence electrons. The average Bonchev–Trinajstić information content (AvgIpc) is 2.69. The lowest BCUT2D eigenvalue weighted by Gasteiger charge is -2.28. The Kier molecular flexibility index (Phi) is 5.90. The van der Waals surface area contributed by atoms with Crippen molar-refractivity contribution in [2.75, 3.05) is 44.9 Å². The number of morpholine rings is 1. The van der Waals surface area contributed by atoms with Gasteiger partial charge in [-0.25, -0.2) is 0 Å². The first-order valence-corrected chi connectivity index (χ1v) is 8.60. The Bertz CT molecular complexity index is 677. The van der Waals surface area contributed by atoms with Crippen molar-refractivity contribution in [3.8, 4) is 5.75 Å². The lowest BCUT2D eigenvalue weighted by atomic mass is 10.1. The molecule has 0 radical (unpaired) electrons. The number of hydrogen-bond donors (Lipinski definition) is 1. The molecule has 1 aliphatic rings. The number of rotatable bonds is 6. The van der Waals surface area contributed by atoms with E-state index in [0.29, 0.717) is 12.1 Å². The maximum Gasteiger partial charge on any atom is 0.251 e. The van der Waals surface area contributed by atoms with Gasteiger partial charge in [0.25, 0.3) is 5.91 Å². The number of nitrogens with zero attached hydrogens (tertiary/aromatic N) is 1. The van der Waals surface area contributed by atoms with Crippen LogP contribution in [-0.4, -0.2) is 45.9 Å². The summed E-state index contributed by atoms with van der Waals surface area (Å²) in [5, 5.41) is 2.96. The largest absolute Gasteiger partial charge is 0.497 e. The quantitative estimate of drug-likeness (QED) is 0.878. The molecule has 1 N–H and O–H groups in total. The smallest absolute Gasteiger partial charge is 0.251 e. The summed E-state index contributed by atoms with van der Waals surface area (Å²) in [5.41, 5.74) is 3.09. The van der Waals surface area contributed by atoms with Crippen molar-refractivity contribution in [2.24, 2.45) is 0 Å². The second-order valence-corrected chi connectivity index (χ2v) is 6.00. The van der Waals surface area contributed by atoms with Gasteiger partial charge in [-0.05, 0) is 48.4 Å². The number of nitrogens with one attached hydrogen (secondary N) is 1. The SMILES string of the molecule is COc1ccc(C(=O)NCCc2ccc(N3CCOCC3)cc2)cc1. The molecule has 0 aromatic heterocycles. The second-order valence-electron chi connectivity index (χ2n) is 6.00. The van der Waals surface area contributed by atoms with E-state index in [1.165, 1.54) is 11.3 Å². The standard InChI is InChI=1S/C20H24N2O3/c1-24-19-8-4-17(5-9-19)20(23)21-11-10-16-2-6-18(7-3-16)22-12-14-25-15-13-22/h2-9H,10-15H2,1H3,(H,21,23). The third-order valence-electron chi connectivity index (χ3n) is 4.36. The Morgan fingerprint density at radius 3 is 2.40 bits per heavy atom. The maximum atomic E-state index is 12.1. The van der Waals surface area contributed by atoms with Crippen LogP contribution < -0.4 is 15.0 Å². The predicted octanol–water partition coefficient (Wildman–Crippen LogP) is 2.50. The van der Waals surface area contributed by atoms with Crippen LogP contribution in [0.2, 0.25) is 0 Å². The molecule has 0 atom stereocenters. The van der Waals surface area contributed by atoms with E-state index in [0.717, 1.165) is 38.5 Å². The maximum absolute atomic E-state index is 12.1. The molecule has 3 rings (SSSR count). The van der Waals surface area contributed by atoms with Gasteiger partial charge >= 0.3 is 0 Å². The summed E-state index contributed by atoms with van der Waals surface area (Å²) in [6.07, 6.45) is 0.811. The lowest BCUT2D eigenvalue weighted by molar-refractivity contribution is 0.0954. The average molecular weight is 340 g/mol. The Hall–Kier alpha value is -2.53. The van der Waals surface area contributed by atoms with Crippen LogP contribution in [0.5, 0.6) is 5.75 Å². The molecule has 0 spiro atoms. The van der Waals surface area contributed by atoms with Crippen LogP contribution >= 0.6 is 0 Å². The highest BCUT2D eigenvalue weighted by atomic mass is 16.5. The Labute approximate surface area is 148 Å². The normalized spacial score (nSPS) is 14.2. The van der Waals surface area contributed by atoms with Crippen LogP contribution in [0.4, 0.5) is 5.69 Å². The zero-order valence-corrected chi connectivity index (χ0v) is 14.5. The summed E-state index contributed by atoms with van der Waals surface area (Å²) in [7, 11) is 1.61. The van der Waals surface area contributed by atoms with Crippen molar-refractivity contribution in [3.63, 3.8) is 0 Å². The molecular formula is C20H24N2O3. The van der Waals surface area contributed by atoms with Gasteiger partial charge in [0.15, 0.2) is 0 Å². The molecule has 1 aliphatic heterocycles. The molecule has 1 heterocycles. The summed E-state index contributed by atoms with van der Waals surface area (Å²) in [5.74, 6) is 0.685. The molecule has 0 aliphatic carbocycles. The minimum atomic E-state index is -0.0624. The van der Waals surface area contributed by atoms with Crippen molar-refractivity contribution >= 4 is 11.6 Å². The van der Waals surface area contributed by atoms with E-state index in [1.807, 2.05) is 0 Å². The molecule has 0 unspecified atom stereocenters. The first kappa shape index (κ1) is 17.3. The summed E-state index contributed by atoms with van der Waals surface area (Å²) in [6, 6.07) is 15.7. The number of carbonyl (C=O) groups excluding carboxylic acids is 1. The third kappa shape index (κ3) is 4.73. The van der Waals surface area contributed by atoms with E-state index in [2.05, 4.69) is 34.5 Å². The van der Waals surface area contributed by atoms with E-state index in [9.17, 15) is 4.79 Å². The molecule has 5 heteroatoms. The van der Waals surface area contributed by atoms with Gasteiger partial charge in [0.05, 0.1) is 20.3 Å². The van der Waals surface area contributed by atoms with Gasteiger partial charge in [0, 0.05) is 30.9 Å². The van der Waals surface area contributed by atoms with Crippen molar-refractivity contribution < 1.29 is 14.3 Å². The van der Waals surface area contributed by atoms with Crippen molar-refractivity contribution in [2.45, 2.75) is 6.42 Å². The molecule has 1 fully saturated rings. The Balaban J connectivity index is 1.47. The molecule has 0 bridgehead atoms. The van der Waals surface area contributed by atoms with E-state index in [1.54, 1.807) is 31.4 Å². The third-order valence-corrected chi connectivity index (χ3v) is 4.36. The molecule has 1 saturated heterocycles. The zero-order valence-electron chi connectivity index (χ0n) is 14.5. The summed E-state index contributed by atoms with van der Waals surface area (Å²) < 4.78 is 10.5. The van der Waals surface area contributed by atoms with E-state index >= 15 is 0 Å². The first-order valence-electron chi connectivity index (χ1n) is 8.60. The summed E-state index contributed by atoms with van der Waals surface area (Å²) in [4.78, 5) is 14.5. The number of amides is 1. The fraction of sp³-hybridized carbons (Fsp3) is 0.350. The highest BCUT2D eigenvalue weighted by Gasteiger charge is 2.11. The van der Waals surface area contributed by atoms with Crippen LogP contribution in [0, 0.1) is 0 Å². The number of benzene rings is 2. The van der Waals surface area contributed by atoms with Crippen LogP contribution in [0.15, 0.2) is 48.5 Å². The van der Waals surface area contributed by atoms with E-state index in [4.69, 9.17) is 9.47 Å². The van der Waals surface area contributed by atoms with Crippen LogP contribution in [-0.2, 0) is 11.2 Å². The number of anilines is 1. The topological polar surface area (TPSA) is 50.8 Å². The van der Waals surface area contributed by atoms with Crippen LogP contribution in [0.1, 0.15) is 15.9 Å². The molecule has 0 saturated carbocycles. The summed E-state index contributed by atoms with van der Waals surface area (Å²) in [6.45, 7) is 4.08. The summed E-state index contributed by atoms with van der Waals surface area (Å²) >= 11 is 0. The first-order chi connectivity index (χ1) is 12.3. The van der Waals surface area contributed by atoms with Gasteiger partial charge in [-0.1, -0.05) is 12.1 Å². The number of methoxy groups -OCH3 is 1. The van der Waals surface area contributed by atoms with Crippen molar-refractivity contribution in [3.05, 3.63) is 59.7 Å². The predicted molar refractivity (Wildman–Crippen MR) is 98.5 cm³/mol. The fourth-order valence-corrected chi connectivity index (χ4v) is 2.86. The van der Waals surface area contributed by atoms with Crippen LogP contribution in [0.25, 0.3) is 0 Å². The van der Waals surface area contributed by atoms with Crippen LogP contribution in [0.3, 0.4) is 0 Å². The monoisotopic (exact) mass is 340 g/mol. The lowest BCUT2D eigenvalue weighted by Crippen LogP contribution is -2.36. The minimum absolute atomic E-state index is 0.0624. The highest BCUT2D eigenvalue weighted by molar-refractivity contribution is 5.94. The zero-order chi connectivity index (χ0) is 17.5. The number of ether oxygens (including phenoxy) is 2. The number of hydrogen-bond acceptors (Lipinski definition) is 4. The molecule has 2 aromatic carbocycles. The fourth-order valence-electron chi connectivity index (χ4n) is 2.86. The van der Waals surface area contributed by atoms with E-state index in [-0.39, 0.29) is 5.91 Å². The minimum Gasteiger partial charge on any atom is -0.497 e. The Morgan fingerprint density at radius 1 is 1.08 bits per heavy atom. The number of carbonyl (C=O) groups is 1. The molecule has 1 amide bonds. The van der Waals surface area contributed by atoms with Gasteiger partial charge in [-0.15, -0.1) is 0 Å². The van der Waals surface area contributed by atoms with Gasteiger partial charge in [0.1, 0.15) is 5.75 Å². The van der Waals surface area contributed by atoms with E-state index < -0.39 is 0 Å². The van der Waals surface area contributed by atoms with Crippen molar-refractivity contribution in [1.29, 1.82) is 0 Å².